The maximum atomic E-state index is 11.6. The lowest BCUT2D eigenvalue weighted by molar-refractivity contribution is -0.129. The van der Waals surface area contributed by atoms with Crippen LogP contribution in [-0.2, 0) is 4.79 Å². The summed E-state index contributed by atoms with van der Waals surface area (Å²) < 4.78 is 7.51. The summed E-state index contributed by atoms with van der Waals surface area (Å²) in [6.07, 6.45) is 3.49. The van der Waals surface area contributed by atoms with Crippen molar-refractivity contribution in [3.8, 4) is 0 Å². The topological polar surface area (TPSA) is 75.2 Å². The minimum Gasteiger partial charge on any atom is -0.342 e. The van der Waals surface area contributed by atoms with Gasteiger partial charge in [0, 0.05) is 13.1 Å². The van der Waals surface area contributed by atoms with Crippen LogP contribution in [0.2, 0.25) is 0 Å². The van der Waals surface area contributed by atoms with Gasteiger partial charge < -0.3 is 10.2 Å². The van der Waals surface area contributed by atoms with Crippen LogP contribution >= 0.6 is 11.7 Å². The molecule has 86 valence electrons. The fourth-order valence-electron chi connectivity index (χ4n) is 1.59. The van der Waals surface area contributed by atoms with Crippen molar-refractivity contribution in [1.82, 2.24) is 19.0 Å². The van der Waals surface area contributed by atoms with Crippen LogP contribution in [0.5, 0.6) is 0 Å². The molecule has 2 amide bonds. The molecule has 0 atom stereocenters. The van der Waals surface area contributed by atoms with Crippen LogP contribution in [0, 0.1) is 0 Å². The summed E-state index contributed by atoms with van der Waals surface area (Å²) in [4.78, 5) is 24.8. The Balaban J connectivity index is 1.79. The van der Waals surface area contributed by atoms with E-state index in [0.29, 0.717) is 0 Å². The summed E-state index contributed by atoms with van der Waals surface area (Å²) in [5.74, 6) is -0.379. The third kappa shape index (κ3) is 2.54. The molecule has 1 fully saturated rings. The van der Waals surface area contributed by atoms with E-state index in [1.165, 1.54) is 6.20 Å². The summed E-state index contributed by atoms with van der Waals surface area (Å²) in [5, 5.41) is 2.54. The van der Waals surface area contributed by atoms with Gasteiger partial charge >= 0.3 is 0 Å². The minimum atomic E-state index is -0.346. The molecule has 0 aliphatic carbocycles. The van der Waals surface area contributed by atoms with Gasteiger partial charge in [-0.05, 0) is 12.8 Å². The Bertz CT molecular complexity index is 373. The number of hydrogen-bond acceptors (Lipinski definition) is 5. The van der Waals surface area contributed by atoms with Crippen molar-refractivity contribution in [2.45, 2.75) is 12.8 Å². The lowest BCUT2D eigenvalue weighted by atomic mass is 10.4. The zero-order chi connectivity index (χ0) is 11.4. The highest BCUT2D eigenvalue weighted by molar-refractivity contribution is 6.99. The van der Waals surface area contributed by atoms with Crippen LogP contribution in [0.1, 0.15) is 23.3 Å². The van der Waals surface area contributed by atoms with Crippen molar-refractivity contribution in [2.24, 2.45) is 0 Å². The van der Waals surface area contributed by atoms with Crippen LogP contribution in [0.3, 0.4) is 0 Å². The van der Waals surface area contributed by atoms with Gasteiger partial charge in [-0.2, -0.15) is 8.75 Å². The van der Waals surface area contributed by atoms with Gasteiger partial charge in [-0.3, -0.25) is 9.59 Å². The monoisotopic (exact) mass is 240 g/mol. The van der Waals surface area contributed by atoms with Crippen molar-refractivity contribution in [3.63, 3.8) is 0 Å². The first kappa shape index (κ1) is 11.0. The Hall–Kier alpha value is -1.50. The predicted octanol–water partition coefficient (Wildman–Crippen LogP) is -0.110. The largest absolute Gasteiger partial charge is 0.342 e. The van der Waals surface area contributed by atoms with Gasteiger partial charge in [0.2, 0.25) is 5.91 Å². The molecule has 2 rings (SSSR count). The number of aromatic nitrogens is 2. The molecule has 1 N–H and O–H groups in total. The SMILES string of the molecule is O=C(NCC(=O)N1CCCC1)c1cnsn1. The maximum absolute atomic E-state index is 11.6. The highest BCUT2D eigenvalue weighted by Gasteiger charge is 2.18. The Morgan fingerprint density at radius 1 is 1.44 bits per heavy atom. The van der Waals surface area contributed by atoms with Crippen LogP contribution < -0.4 is 5.32 Å². The van der Waals surface area contributed by atoms with Crippen molar-refractivity contribution >= 4 is 23.5 Å². The number of hydrogen-bond donors (Lipinski definition) is 1. The summed E-state index contributed by atoms with van der Waals surface area (Å²) in [7, 11) is 0. The number of nitrogens with zero attached hydrogens (tertiary/aromatic N) is 3. The average molecular weight is 240 g/mol. The smallest absolute Gasteiger partial charge is 0.273 e. The molecule has 1 aromatic rings. The molecule has 6 nitrogen and oxygen atoms in total. The molecule has 7 heteroatoms. The van der Waals surface area contributed by atoms with E-state index in [4.69, 9.17) is 0 Å². The number of carbonyl (C=O) groups excluding carboxylic acids is 2. The van der Waals surface area contributed by atoms with Gasteiger partial charge in [0.25, 0.3) is 5.91 Å². The summed E-state index contributed by atoms with van der Waals surface area (Å²) in [6.45, 7) is 1.64. The molecule has 16 heavy (non-hydrogen) atoms. The number of rotatable bonds is 3. The molecule has 1 aromatic heterocycles. The second kappa shape index (κ2) is 5.02. The summed E-state index contributed by atoms with van der Waals surface area (Å²) in [5.41, 5.74) is 0.263. The first-order valence-corrected chi connectivity index (χ1v) is 5.84. The van der Waals surface area contributed by atoms with Gasteiger partial charge in [0.15, 0.2) is 5.69 Å². The van der Waals surface area contributed by atoms with Crippen molar-refractivity contribution in [3.05, 3.63) is 11.9 Å². The fraction of sp³-hybridized carbons (Fsp3) is 0.556. The molecule has 0 bridgehead atoms. The molecule has 0 unspecified atom stereocenters. The quantitative estimate of drug-likeness (QED) is 0.800. The number of carbonyl (C=O) groups is 2. The normalized spacial score (nSPS) is 15.1. The number of amides is 2. The first-order valence-electron chi connectivity index (χ1n) is 5.11. The van der Waals surface area contributed by atoms with E-state index in [-0.39, 0.29) is 24.1 Å². The van der Waals surface area contributed by atoms with E-state index in [1.54, 1.807) is 4.90 Å². The van der Waals surface area contributed by atoms with E-state index in [2.05, 4.69) is 14.1 Å². The fourth-order valence-corrected chi connectivity index (χ4v) is 2.00. The maximum Gasteiger partial charge on any atom is 0.273 e. The molecular weight excluding hydrogens is 228 g/mol. The van der Waals surface area contributed by atoms with Gasteiger partial charge in [-0.1, -0.05) is 0 Å². The van der Waals surface area contributed by atoms with Crippen LogP contribution in [-0.4, -0.2) is 45.1 Å². The zero-order valence-corrected chi connectivity index (χ0v) is 9.50. The molecular formula is C9H12N4O2S. The van der Waals surface area contributed by atoms with Crippen molar-refractivity contribution in [2.75, 3.05) is 19.6 Å². The van der Waals surface area contributed by atoms with E-state index >= 15 is 0 Å². The number of likely N-dealkylation sites (tertiary alicyclic amines) is 1. The van der Waals surface area contributed by atoms with Crippen LogP contribution in [0.4, 0.5) is 0 Å². The summed E-state index contributed by atoms with van der Waals surface area (Å²) in [6, 6.07) is 0. The van der Waals surface area contributed by atoms with E-state index in [1.807, 2.05) is 0 Å². The Morgan fingerprint density at radius 2 is 2.19 bits per heavy atom. The minimum absolute atomic E-state index is 0.0333. The second-order valence-electron chi connectivity index (χ2n) is 3.56. The van der Waals surface area contributed by atoms with Crippen LogP contribution in [0.15, 0.2) is 6.20 Å². The molecule has 0 aromatic carbocycles. The molecule has 0 spiro atoms. The van der Waals surface area contributed by atoms with E-state index in [9.17, 15) is 9.59 Å². The zero-order valence-electron chi connectivity index (χ0n) is 8.68. The Kier molecular flexibility index (Phi) is 3.45. The lowest BCUT2D eigenvalue weighted by Crippen LogP contribution is -2.38. The standard InChI is InChI=1S/C9H12N4O2S/c14-8(13-3-1-2-4-13)6-10-9(15)7-5-11-16-12-7/h5H,1-4,6H2,(H,10,15). The molecule has 1 aliphatic heterocycles. The van der Waals surface area contributed by atoms with Crippen molar-refractivity contribution < 1.29 is 9.59 Å². The molecule has 0 radical (unpaired) electrons. The third-order valence-electron chi connectivity index (χ3n) is 2.45. The lowest BCUT2D eigenvalue weighted by Gasteiger charge is -2.14. The van der Waals surface area contributed by atoms with E-state index < -0.39 is 0 Å². The molecule has 1 saturated heterocycles. The highest BCUT2D eigenvalue weighted by atomic mass is 32.1. The molecule has 2 heterocycles. The van der Waals surface area contributed by atoms with Gasteiger partial charge in [0.05, 0.1) is 24.5 Å². The summed E-state index contributed by atoms with van der Waals surface area (Å²) >= 11 is 0.971. The average Bonchev–Trinajstić information content (AvgIpc) is 2.95. The third-order valence-corrected chi connectivity index (χ3v) is 2.93. The molecule has 0 saturated carbocycles. The second-order valence-corrected chi connectivity index (χ2v) is 4.12. The number of nitrogens with one attached hydrogen (secondary N) is 1. The Morgan fingerprint density at radius 3 is 2.81 bits per heavy atom. The van der Waals surface area contributed by atoms with Gasteiger partial charge in [-0.15, -0.1) is 0 Å². The van der Waals surface area contributed by atoms with Crippen LogP contribution in [0.25, 0.3) is 0 Å². The first-order chi connectivity index (χ1) is 7.77. The van der Waals surface area contributed by atoms with Gasteiger partial charge in [-0.25, -0.2) is 0 Å². The molecule has 1 aliphatic rings. The Labute approximate surface area is 97.0 Å². The van der Waals surface area contributed by atoms with Crippen molar-refractivity contribution in [1.29, 1.82) is 0 Å². The predicted molar refractivity (Wildman–Crippen MR) is 58.1 cm³/mol. The van der Waals surface area contributed by atoms with E-state index in [0.717, 1.165) is 37.7 Å². The van der Waals surface area contributed by atoms with Gasteiger partial charge in [0.1, 0.15) is 0 Å². The highest BCUT2D eigenvalue weighted by Crippen LogP contribution is 2.06.